The fraction of sp³-hybridized carbons (Fsp3) is 0.500. The van der Waals surface area contributed by atoms with Gasteiger partial charge in [-0.2, -0.15) is 0 Å². The van der Waals surface area contributed by atoms with Crippen molar-refractivity contribution in [1.82, 2.24) is 4.90 Å². The molecule has 1 aromatic carbocycles. The lowest BCUT2D eigenvalue weighted by Crippen LogP contribution is -2.42. The second-order valence-electron chi connectivity index (χ2n) is 4.56. The third-order valence-corrected chi connectivity index (χ3v) is 3.29. The topological polar surface area (TPSA) is 38.8 Å². The van der Waals surface area contributed by atoms with E-state index in [4.69, 9.17) is 9.47 Å². The molecule has 0 N–H and O–H groups in total. The van der Waals surface area contributed by atoms with Crippen LogP contribution in [0.3, 0.4) is 0 Å². The highest BCUT2D eigenvalue weighted by Gasteiger charge is 2.22. The molecule has 1 heterocycles. The van der Waals surface area contributed by atoms with Gasteiger partial charge in [0.1, 0.15) is 11.6 Å². The van der Waals surface area contributed by atoms with Crippen LogP contribution in [0, 0.1) is 5.82 Å². The Morgan fingerprint density at radius 1 is 1.42 bits per heavy atom. The van der Waals surface area contributed by atoms with Gasteiger partial charge in [-0.25, -0.2) is 4.39 Å². The van der Waals surface area contributed by atoms with Gasteiger partial charge in [-0.05, 0) is 25.0 Å². The predicted molar refractivity (Wildman–Crippen MR) is 68.5 cm³/mol. The average molecular weight is 267 g/mol. The van der Waals surface area contributed by atoms with Crippen LogP contribution >= 0.6 is 0 Å². The number of carbonyl (C=O) groups is 1. The van der Waals surface area contributed by atoms with Gasteiger partial charge in [-0.1, -0.05) is 6.07 Å². The molecule has 0 radical (unpaired) electrons. The molecule has 2 rings (SSSR count). The Hall–Kier alpha value is -1.62. The normalized spacial score (nSPS) is 16.4. The van der Waals surface area contributed by atoms with E-state index >= 15 is 0 Å². The standard InChI is InChI=1S/C14H18FNO3/c1-18-12-5-7-16(8-6-12)14(17)10-19-13-4-2-3-11(15)9-13/h2-4,9,12H,5-8,10H2,1H3. The second kappa shape index (κ2) is 6.52. The molecule has 0 saturated carbocycles. The number of carbonyl (C=O) groups excluding carboxylic acids is 1. The molecule has 1 saturated heterocycles. The Balaban J connectivity index is 1.79. The average Bonchev–Trinajstić information content (AvgIpc) is 2.45. The first-order chi connectivity index (χ1) is 9.19. The molecular formula is C14H18FNO3. The number of hydrogen-bond acceptors (Lipinski definition) is 3. The van der Waals surface area contributed by atoms with Crippen molar-refractivity contribution in [3.05, 3.63) is 30.1 Å². The number of rotatable bonds is 4. The molecule has 1 fully saturated rings. The van der Waals surface area contributed by atoms with E-state index in [1.54, 1.807) is 24.1 Å². The zero-order valence-electron chi connectivity index (χ0n) is 11.0. The minimum absolute atomic E-state index is 0.0545. The van der Waals surface area contributed by atoms with Crippen LogP contribution in [0.25, 0.3) is 0 Å². The number of methoxy groups -OCH3 is 1. The van der Waals surface area contributed by atoms with Crippen LogP contribution in [0.5, 0.6) is 5.75 Å². The van der Waals surface area contributed by atoms with E-state index < -0.39 is 0 Å². The molecule has 1 amide bonds. The van der Waals surface area contributed by atoms with Crippen LogP contribution in [-0.4, -0.2) is 43.7 Å². The van der Waals surface area contributed by atoms with E-state index in [1.807, 2.05) is 0 Å². The summed E-state index contributed by atoms with van der Waals surface area (Å²) in [5.74, 6) is -0.0650. The Labute approximate surface area is 112 Å². The summed E-state index contributed by atoms with van der Waals surface area (Å²) in [5, 5.41) is 0. The van der Waals surface area contributed by atoms with Crippen molar-refractivity contribution in [1.29, 1.82) is 0 Å². The molecule has 1 aromatic rings. The lowest BCUT2D eigenvalue weighted by Gasteiger charge is -2.31. The second-order valence-corrected chi connectivity index (χ2v) is 4.56. The number of benzene rings is 1. The molecule has 1 aliphatic rings. The number of halogens is 1. The van der Waals surface area contributed by atoms with E-state index in [0.717, 1.165) is 12.8 Å². The van der Waals surface area contributed by atoms with Crippen LogP contribution in [-0.2, 0) is 9.53 Å². The smallest absolute Gasteiger partial charge is 0.260 e. The largest absolute Gasteiger partial charge is 0.484 e. The van der Waals surface area contributed by atoms with Crippen molar-refractivity contribution in [2.75, 3.05) is 26.8 Å². The van der Waals surface area contributed by atoms with Gasteiger partial charge in [0.25, 0.3) is 5.91 Å². The number of likely N-dealkylation sites (tertiary alicyclic amines) is 1. The van der Waals surface area contributed by atoms with Gasteiger partial charge in [-0.15, -0.1) is 0 Å². The fourth-order valence-corrected chi connectivity index (χ4v) is 2.13. The monoisotopic (exact) mass is 267 g/mol. The molecule has 0 atom stereocenters. The van der Waals surface area contributed by atoms with Crippen molar-refractivity contribution in [2.45, 2.75) is 18.9 Å². The maximum absolute atomic E-state index is 12.9. The molecule has 0 unspecified atom stereocenters. The first-order valence-corrected chi connectivity index (χ1v) is 6.38. The highest BCUT2D eigenvalue weighted by atomic mass is 19.1. The fourth-order valence-electron chi connectivity index (χ4n) is 2.13. The first-order valence-electron chi connectivity index (χ1n) is 6.38. The summed E-state index contributed by atoms with van der Waals surface area (Å²) < 4.78 is 23.5. The summed E-state index contributed by atoms with van der Waals surface area (Å²) in [6.45, 7) is 1.31. The summed E-state index contributed by atoms with van der Waals surface area (Å²) in [4.78, 5) is 13.7. The Morgan fingerprint density at radius 3 is 2.79 bits per heavy atom. The van der Waals surface area contributed by atoms with Crippen molar-refractivity contribution < 1.29 is 18.7 Å². The van der Waals surface area contributed by atoms with Crippen LogP contribution in [0.15, 0.2) is 24.3 Å². The number of ether oxygens (including phenoxy) is 2. The van der Waals surface area contributed by atoms with Gasteiger partial charge < -0.3 is 14.4 Å². The van der Waals surface area contributed by atoms with Crippen LogP contribution < -0.4 is 4.74 Å². The van der Waals surface area contributed by atoms with E-state index in [0.29, 0.717) is 18.8 Å². The minimum Gasteiger partial charge on any atom is -0.484 e. The summed E-state index contributed by atoms with van der Waals surface area (Å²) >= 11 is 0. The van der Waals surface area contributed by atoms with Crippen molar-refractivity contribution in [2.24, 2.45) is 0 Å². The third-order valence-electron chi connectivity index (χ3n) is 3.29. The molecule has 0 aromatic heterocycles. The molecule has 0 spiro atoms. The van der Waals surface area contributed by atoms with Crippen molar-refractivity contribution >= 4 is 5.91 Å². The summed E-state index contributed by atoms with van der Waals surface area (Å²) in [7, 11) is 1.69. The predicted octanol–water partition coefficient (Wildman–Crippen LogP) is 1.84. The van der Waals surface area contributed by atoms with E-state index in [2.05, 4.69) is 0 Å². The maximum atomic E-state index is 12.9. The number of amides is 1. The van der Waals surface area contributed by atoms with Gasteiger partial charge in [-0.3, -0.25) is 4.79 Å². The highest BCUT2D eigenvalue weighted by Crippen LogP contribution is 2.15. The van der Waals surface area contributed by atoms with Crippen LogP contribution in [0.1, 0.15) is 12.8 Å². The molecule has 5 heteroatoms. The van der Waals surface area contributed by atoms with Gasteiger partial charge in [0.2, 0.25) is 0 Å². The zero-order valence-corrected chi connectivity index (χ0v) is 11.0. The van der Waals surface area contributed by atoms with E-state index in [-0.39, 0.29) is 24.4 Å². The van der Waals surface area contributed by atoms with Gasteiger partial charge >= 0.3 is 0 Å². The molecule has 104 valence electrons. The Kier molecular flexibility index (Phi) is 4.74. The molecule has 19 heavy (non-hydrogen) atoms. The Morgan fingerprint density at radius 2 is 2.16 bits per heavy atom. The maximum Gasteiger partial charge on any atom is 0.260 e. The lowest BCUT2D eigenvalue weighted by molar-refractivity contribution is -0.135. The van der Waals surface area contributed by atoms with Crippen LogP contribution in [0.4, 0.5) is 4.39 Å². The third kappa shape index (κ3) is 3.92. The molecule has 0 aliphatic carbocycles. The summed E-state index contributed by atoms with van der Waals surface area (Å²) in [5.41, 5.74) is 0. The first kappa shape index (κ1) is 13.8. The van der Waals surface area contributed by atoms with Crippen molar-refractivity contribution in [3.63, 3.8) is 0 Å². The van der Waals surface area contributed by atoms with E-state index in [9.17, 15) is 9.18 Å². The summed E-state index contributed by atoms with van der Waals surface area (Å²) in [6.07, 6.45) is 1.94. The SMILES string of the molecule is COC1CCN(C(=O)COc2cccc(F)c2)CC1. The van der Waals surface area contributed by atoms with Gasteiger partial charge in [0, 0.05) is 26.3 Å². The molecule has 1 aliphatic heterocycles. The highest BCUT2D eigenvalue weighted by molar-refractivity contribution is 5.77. The van der Waals surface area contributed by atoms with E-state index in [1.165, 1.54) is 12.1 Å². The summed E-state index contributed by atoms with van der Waals surface area (Å²) in [6, 6.07) is 5.79. The number of piperidine rings is 1. The Bertz CT molecular complexity index is 430. The van der Waals surface area contributed by atoms with Gasteiger partial charge in [0.15, 0.2) is 6.61 Å². The van der Waals surface area contributed by atoms with Crippen molar-refractivity contribution in [3.8, 4) is 5.75 Å². The van der Waals surface area contributed by atoms with Gasteiger partial charge in [0.05, 0.1) is 6.10 Å². The quantitative estimate of drug-likeness (QED) is 0.835. The lowest BCUT2D eigenvalue weighted by atomic mass is 10.1. The molecular weight excluding hydrogens is 249 g/mol. The molecule has 0 bridgehead atoms. The number of nitrogens with zero attached hydrogens (tertiary/aromatic N) is 1. The number of hydrogen-bond donors (Lipinski definition) is 0. The molecule has 4 nitrogen and oxygen atoms in total. The minimum atomic E-state index is -0.370. The zero-order chi connectivity index (χ0) is 13.7. The van der Waals surface area contributed by atoms with Crippen LogP contribution in [0.2, 0.25) is 0 Å².